The molecule has 2 fully saturated rings. The molecular weight excluding hydrogens is 224 g/mol. The Bertz CT molecular complexity index is 239. The van der Waals surface area contributed by atoms with Gasteiger partial charge in [0.2, 0.25) is 0 Å². The molecule has 1 saturated carbocycles. The van der Waals surface area contributed by atoms with Crippen molar-refractivity contribution in [1.82, 2.24) is 10.2 Å². The summed E-state index contributed by atoms with van der Waals surface area (Å²) < 4.78 is 5.42. The zero-order valence-electron chi connectivity index (χ0n) is 12.3. The van der Waals surface area contributed by atoms with Gasteiger partial charge in [-0.3, -0.25) is 0 Å². The molecule has 2 rings (SSSR count). The third-order valence-electron chi connectivity index (χ3n) is 5.04. The standard InChI is InChI=1S/C15H30N2O/c1-4-12-5-7-14(8-6-12)17(2)11-13-9-15(18-3)10-16-13/h12-16H,4-11H2,1-3H3. The van der Waals surface area contributed by atoms with Crippen molar-refractivity contribution >= 4 is 0 Å². The average Bonchev–Trinajstić information content (AvgIpc) is 2.86. The largest absolute Gasteiger partial charge is 0.380 e. The zero-order valence-corrected chi connectivity index (χ0v) is 12.3. The van der Waals surface area contributed by atoms with Crippen LogP contribution in [0.1, 0.15) is 45.4 Å². The van der Waals surface area contributed by atoms with E-state index in [1.54, 1.807) is 0 Å². The van der Waals surface area contributed by atoms with Gasteiger partial charge in [-0.25, -0.2) is 0 Å². The molecule has 2 atom stereocenters. The fraction of sp³-hybridized carbons (Fsp3) is 1.00. The first-order chi connectivity index (χ1) is 8.72. The monoisotopic (exact) mass is 254 g/mol. The maximum Gasteiger partial charge on any atom is 0.0711 e. The van der Waals surface area contributed by atoms with Gasteiger partial charge in [-0.1, -0.05) is 13.3 Å². The summed E-state index contributed by atoms with van der Waals surface area (Å²) in [5.41, 5.74) is 0. The lowest BCUT2D eigenvalue weighted by Gasteiger charge is -2.35. The molecule has 2 unspecified atom stereocenters. The zero-order chi connectivity index (χ0) is 13.0. The normalized spacial score (nSPS) is 37.3. The molecule has 1 aliphatic carbocycles. The minimum absolute atomic E-state index is 0.430. The molecule has 1 aliphatic heterocycles. The van der Waals surface area contributed by atoms with Crippen molar-refractivity contribution in [1.29, 1.82) is 0 Å². The fourth-order valence-electron chi connectivity index (χ4n) is 3.59. The summed E-state index contributed by atoms with van der Waals surface area (Å²) in [6, 6.07) is 1.44. The van der Waals surface area contributed by atoms with E-state index >= 15 is 0 Å². The second-order valence-electron chi connectivity index (χ2n) is 6.22. The van der Waals surface area contributed by atoms with Gasteiger partial charge in [0, 0.05) is 32.3 Å². The Morgan fingerprint density at radius 2 is 1.94 bits per heavy atom. The van der Waals surface area contributed by atoms with Gasteiger partial charge in [0.1, 0.15) is 0 Å². The summed E-state index contributed by atoms with van der Waals surface area (Å²) in [4.78, 5) is 2.58. The van der Waals surface area contributed by atoms with Crippen molar-refractivity contribution in [2.45, 2.75) is 63.6 Å². The molecule has 0 aromatic heterocycles. The highest BCUT2D eigenvalue weighted by atomic mass is 16.5. The van der Waals surface area contributed by atoms with E-state index in [2.05, 4.69) is 24.2 Å². The van der Waals surface area contributed by atoms with E-state index in [9.17, 15) is 0 Å². The number of rotatable bonds is 5. The van der Waals surface area contributed by atoms with Crippen molar-refractivity contribution in [3.8, 4) is 0 Å². The van der Waals surface area contributed by atoms with E-state index in [4.69, 9.17) is 4.74 Å². The lowest BCUT2D eigenvalue weighted by Crippen LogP contribution is -2.42. The van der Waals surface area contributed by atoms with Crippen LogP contribution in [0.5, 0.6) is 0 Å². The molecule has 1 saturated heterocycles. The quantitative estimate of drug-likeness (QED) is 0.814. The third-order valence-corrected chi connectivity index (χ3v) is 5.04. The predicted octanol–water partition coefficient (Wildman–Crippen LogP) is 2.26. The van der Waals surface area contributed by atoms with Crippen LogP contribution in [0.4, 0.5) is 0 Å². The van der Waals surface area contributed by atoms with Crippen LogP contribution in [-0.4, -0.2) is 50.3 Å². The fourth-order valence-corrected chi connectivity index (χ4v) is 3.59. The van der Waals surface area contributed by atoms with Gasteiger partial charge < -0.3 is 15.0 Å². The van der Waals surface area contributed by atoms with Crippen molar-refractivity contribution in [2.24, 2.45) is 5.92 Å². The number of hydrogen-bond donors (Lipinski definition) is 1. The molecule has 1 N–H and O–H groups in total. The molecule has 3 heteroatoms. The number of methoxy groups -OCH3 is 1. The Morgan fingerprint density at radius 1 is 1.22 bits per heavy atom. The van der Waals surface area contributed by atoms with Gasteiger partial charge in [0.05, 0.1) is 6.10 Å². The Labute approximate surface area is 112 Å². The number of hydrogen-bond acceptors (Lipinski definition) is 3. The molecule has 0 bridgehead atoms. The maximum atomic E-state index is 5.42. The van der Waals surface area contributed by atoms with Gasteiger partial charge in [-0.15, -0.1) is 0 Å². The highest BCUT2D eigenvalue weighted by molar-refractivity contribution is 4.86. The second kappa shape index (κ2) is 6.88. The Morgan fingerprint density at radius 3 is 2.50 bits per heavy atom. The summed E-state index contributed by atoms with van der Waals surface area (Å²) in [5.74, 6) is 0.997. The van der Waals surface area contributed by atoms with E-state index in [0.29, 0.717) is 12.1 Å². The first kappa shape index (κ1) is 14.3. The smallest absolute Gasteiger partial charge is 0.0711 e. The summed E-state index contributed by atoms with van der Waals surface area (Å²) in [5, 5.41) is 3.58. The molecule has 106 valence electrons. The van der Waals surface area contributed by atoms with Crippen LogP contribution in [-0.2, 0) is 4.74 Å². The Kier molecular flexibility index (Phi) is 5.46. The SMILES string of the molecule is CCC1CCC(N(C)CC2CC(OC)CN2)CC1. The van der Waals surface area contributed by atoms with Crippen LogP contribution in [0.15, 0.2) is 0 Å². The van der Waals surface area contributed by atoms with Crippen LogP contribution >= 0.6 is 0 Å². The van der Waals surface area contributed by atoms with E-state index in [1.165, 1.54) is 45.1 Å². The third kappa shape index (κ3) is 3.69. The molecule has 0 aromatic carbocycles. The van der Waals surface area contributed by atoms with Crippen molar-refractivity contribution in [3.63, 3.8) is 0 Å². The van der Waals surface area contributed by atoms with E-state index in [0.717, 1.165) is 18.5 Å². The Balaban J connectivity index is 1.70. The minimum atomic E-state index is 0.430. The highest BCUT2D eigenvalue weighted by Gasteiger charge is 2.28. The molecule has 0 aromatic rings. The first-order valence-corrected chi connectivity index (χ1v) is 7.69. The Hall–Kier alpha value is -0.120. The number of nitrogens with zero attached hydrogens (tertiary/aromatic N) is 1. The maximum absolute atomic E-state index is 5.42. The van der Waals surface area contributed by atoms with Gasteiger partial charge in [-0.05, 0) is 45.1 Å². The summed E-state index contributed by atoms with van der Waals surface area (Å²) in [6.07, 6.45) is 8.64. The molecule has 0 spiro atoms. The van der Waals surface area contributed by atoms with Crippen LogP contribution in [0.25, 0.3) is 0 Å². The van der Waals surface area contributed by atoms with Crippen LogP contribution in [0.2, 0.25) is 0 Å². The van der Waals surface area contributed by atoms with Gasteiger partial charge in [0.25, 0.3) is 0 Å². The van der Waals surface area contributed by atoms with Gasteiger partial charge in [0.15, 0.2) is 0 Å². The highest BCUT2D eigenvalue weighted by Crippen LogP contribution is 2.29. The lowest BCUT2D eigenvalue weighted by atomic mass is 9.84. The van der Waals surface area contributed by atoms with Crippen molar-refractivity contribution in [3.05, 3.63) is 0 Å². The molecule has 1 heterocycles. The molecule has 0 radical (unpaired) electrons. The average molecular weight is 254 g/mol. The van der Waals surface area contributed by atoms with Gasteiger partial charge in [-0.2, -0.15) is 0 Å². The first-order valence-electron chi connectivity index (χ1n) is 7.69. The molecule has 18 heavy (non-hydrogen) atoms. The minimum Gasteiger partial charge on any atom is -0.380 e. The molecular formula is C15H30N2O. The predicted molar refractivity (Wildman–Crippen MR) is 75.9 cm³/mol. The van der Waals surface area contributed by atoms with Gasteiger partial charge >= 0.3 is 0 Å². The van der Waals surface area contributed by atoms with Crippen LogP contribution in [0, 0.1) is 5.92 Å². The van der Waals surface area contributed by atoms with Crippen LogP contribution in [0.3, 0.4) is 0 Å². The van der Waals surface area contributed by atoms with Crippen molar-refractivity contribution < 1.29 is 4.74 Å². The van der Waals surface area contributed by atoms with E-state index in [1.807, 2.05) is 7.11 Å². The van der Waals surface area contributed by atoms with Crippen molar-refractivity contribution in [2.75, 3.05) is 27.2 Å². The number of likely N-dealkylation sites (N-methyl/N-ethyl adjacent to an activating group) is 1. The van der Waals surface area contributed by atoms with Crippen LogP contribution < -0.4 is 5.32 Å². The topological polar surface area (TPSA) is 24.5 Å². The summed E-state index contributed by atoms with van der Waals surface area (Å²) in [7, 11) is 4.13. The summed E-state index contributed by atoms with van der Waals surface area (Å²) >= 11 is 0. The number of nitrogens with one attached hydrogen (secondary N) is 1. The van der Waals surface area contributed by atoms with E-state index < -0.39 is 0 Å². The molecule has 0 amide bonds. The van der Waals surface area contributed by atoms with E-state index in [-0.39, 0.29) is 0 Å². The lowest BCUT2D eigenvalue weighted by molar-refractivity contribution is 0.112. The molecule has 2 aliphatic rings. The second-order valence-corrected chi connectivity index (χ2v) is 6.22. The molecule has 3 nitrogen and oxygen atoms in total. The number of ether oxygens (including phenoxy) is 1. The summed E-state index contributed by atoms with van der Waals surface area (Å²) in [6.45, 7) is 4.54.